The van der Waals surface area contributed by atoms with Gasteiger partial charge in [-0.25, -0.2) is 0 Å². The summed E-state index contributed by atoms with van der Waals surface area (Å²) in [5, 5.41) is 12.0. The van der Waals surface area contributed by atoms with E-state index in [0.29, 0.717) is 6.54 Å². The molecule has 2 aliphatic rings. The molecule has 0 bridgehead atoms. The molecule has 0 radical (unpaired) electrons. The summed E-state index contributed by atoms with van der Waals surface area (Å²) in [5.41, 5.74) is 0. The molecule has 78 valence electrons. The Morgan fingerprint density at radius 2 is 2.07 bits per heavy atom. The van der Waals surface area contributed by atoms with Gasteiger partial charge in [0.25, 0.3) is 0 Å². The number of guanidine groups is 1. The maximum Gasteiger partial charge on any atom is 0.246 e. The monoisotopic (exact) mass is 198 g/mol. The SMILES string of the molecule is CN1CC(=O)NC1=N.O=C1CCCN1. The van der Waals surface area contributed by atoms with Gasteiger partial charge in [-0.05, 0) is 6.42 Å². The smallest absolute Gasteiger partial charge is 0.246 e. The van der Waals surface area contributed by atoms with Crippen molar-refractivity contribution < 1.29 is 9.59 Å². The Morgan fingerprint density at radius 3 is 2.21 bits per heavy atom. The summed E-state index contributed by atoms with van der Waals surface area (Å²) < 4.78 is 0. The number of nitrogens with zero attached hydrogens (tertiary/aromatic N) is 1. The lowest BCUT2D eigenvalue weighted by molar-refractivity contribution is -0.119. The van der Waals surface area contributed by atoms with Crippen LogP contribution in [0.1, 0.15) is 12.8 Å². The number of rotatable bonds is 0. The van der Waals surface area contributed by atoms with Gasteiger partial charge < -0.3 is 10.2 Å². The molecule has 2 amide bonds. The van der Waals surface area contributed by atoms with Gasteiger partial charge in [-0.1, -0.05) is 0 Å². The van der Waals surface area contributed by atoms with E-state index in [1.165, 1.54) is 0 Å². The van der Waals surface area contributed by atoms with E-state index >= 15 is 0 Å². The fraction of sp³-hybridized carbons (Fsp3) is 0.625. The van der Waals surface area contributed by atoms with Crippen molar-refractivity contribution in [3.63, 3.8) is 0 Å². The molecule has 6 nitrogen and oxygen atoms in total. The van der Waals surface area contributed by atoms with Crippen molar-refractivity contribution in [3.8, 4) is 0 Å². The number of likely N-dealkylation sites (N-methyl/N-ethyl adjacent to an activating group) is 1. The molecule has 0 aromatic carbocycles. The number of carbonyl (C=O) groups excluding carboxylic acids is 2. The third kappa shape index (κ3) is 3.04. The molecule has 0 saturated carbocycles. The number of carbonyl (C=O) groups is 2. The summed E-state index contributed by atoms with van der Waals surface area (Å²) in [6, 6.07) is 0. The first-order valence-corrected chi connectivity index (χ1v) is 4.46. The van der Waals surface area contributed by atoms with Crippen LogP contribution in [0.3, 0.4) is 0 Å². The van der Waals surface area contributed by atoms with Crippen LogP contribution in [0, 0.1) is 5.41 Å². The first-order chi connectivity index (χ1) is 6.59. The first-order valence-electron chi connectivity index (χ1n) is 4.46. The Labute approximate surface area is 82.2 Å². The molecule has 2 rings (SSSR count). The average Bonchev–Trinajstić information content (AvgIpc) is 2.65. The Hall–Kier alpha value is -1.59. The molecule has 6 heteroatoms. The Balaban J connectivity index is 0.000000146. The van der Waals surface area contributed by atoms with Crippen LogP contribution in [0.2, 0.25) is 0 Å². The average molecular weight is 198 g/mol. The van der Waals surface area contributed by atoms with E-state index < -0.39 is 0 Å². The Bertz CT molecular complexity index is 256. The summed E-state index contributed by atoms with van der Waals surface area (Å²) in [4.78, 5) is 22.0. The number of amides is 2. The zero-order valence-corrected chi connectivity index (χ0v) is 8.09. The van der Waals surface area contributed by atoms with E-state index in [1.807, 2.05) is 0 Å². The first kappa shape index (κ1) is 10.5. The molecule has 3 N–H and O–H groups in total. The summed E-state index contributed by atoms with van der Waals surface area (Å²) in [6.07, 6.45) is 1.76. The van der Waals surface area contributed by atoms with Gasteiger partial charge in [-0.2, -0.15) is 0 Å². The number of nitrogens with one attached hydrogen (secondary N) is 3. The molecular formula is C8H14N4O2. The lowest BCUT2D eigenvalue weighted by Crippen LogP contribution is -2.25. The van der Waals surface area contributed by atoms with Crippen LogP contribution in [0.5, 0.6) is 0 Å². The summed E-state index contributed by atoms with van der Waals surface area (Å²) >= 11 is 0. The minimum absolute atomic E-state index is 0.0995. The molecular weight excluding hydrogens is 184 g/mol. The highest BCUT2D eigenvalue weighted by Crippen LogP contribution is 1.93. The molecule has 0 aliphatic carbocycles. The van der Waals surface area contributed by atoms with E-state index in [9.17, 15) is 9.59 Å². The van der Waals surface area contributed by atoms with Crippen molar-refractivity contribution >= 4 is 17.8 Å². The second-order valence-corrected chi connectivity index (χ2v) is 3.21. The molecule has 0 aromatic heterocycles. The topological polar surface area (TPSA) is 85.3 Å². The maximum atomic E-state index is 10.4. The normalized spacial score (nSPS) is 20.1. The van der Waals surface area contributed by atoms with Crippen molar-refractivity contribution in [3.05, 3.63) is 0 Å². The second kappa shape index (κ2) is 4.59. The minimum atomic E-state index is -0.0995. The molecule has 0 aromatic rings. The predicted octanol–water partition coefficient (Wildman–Crippen LogP) is -1.12. The van der Waals surface area contributed by atoms with Crippen molar-refractivity contribution in [1.82, 2.24) is 15.5 Å². The molecule has 0 spiro atoms. The van der Waals surface area contributed by atoms with Crippen LogP contribution >= 0.6 is 0 Å². The fourth-order valence-electron chi connectivity index (χ4n) is 1.13. The van der Waals surface area contributed by atoms with Gasteiger partial charge in [0.1, 0.15) is 0 Å². The van der Waals surface area contributed by atoms with Crippen LogP contribution < -0.4 is 10.6 Å². The van der Waals surface area contributed by atoms with E-state index in [0.717, 1.165) is 19.4 Å². The molecule has 2 fully saturated rings. The van der Waals surface area contributed by atoms with Crippen molar-refractivity contribution in [2.75, 3.05) is 20.1 Å². The summed E-state index contributed by atoms with van der Waals surface area (Å²) in [7, 11) is 1.69. The molecule has 2 saturated heterocycles. The van der Waals surface area contributed by atoms with Crippen molar-refractivity contribution in [1.29, 1.82) is 5.41 Å². The molecule has 0 unspecified atom stereocenters. The largest absolute Gasteiger partial charge is 0.356 e. The number of hydrogen-bond acceptors (Lipinski definition) is 3. The van der Waals surface area contributed by atoms with Crippen molar-refractivity contribution in [2.45, 2.75) is 12.8 Å². The van der Waals surface area contributed by atoms with Gasteiger partial charge in [0, 0.05) is 20.0 Å². The summed E-state index contributed by atoms with van der Waals surface area (Å²) in [5.74, 6) is 0.294. The standard InChI is InChI=1S/C4H7N3O.C4H7NO/c1-7-2-3(8)6-4(7)5;6-4-2-1-3-5-4/h2H2,1H3,(H2,5,6,8);1-3H2,(H,5,6). The van der Waals surface area contributed by atoms with Crippen LogP contribution in [0.25, 0.3) is 0 Å². The predicted molar refractivity (Wildman–Crippen MR) is 50.7 cm³/mol. The lowest BCUT2D eigenvalue weighted by Gasteiger charge is -2.03. The Morgan fingerprint density at radius 1 is 1.36 bits per heavy atom. The third-order valence-electron chi connectivity index (χ3n) is 1.92. The molecule has 2 heterocycles. The van der Waals surface area contributed by atoms with Crippen LogP contribution in [0.15, 0.2) is 0 Å². The highest BCUT2D eigenvalue weighted by atomic mass is 16.2. The zero-order chi connectivity index (χ0) is 10.6. The highest BCUT2D eigenvalue weighted by Gasteiger charge is 2.18. The lowest BCUT2D eigenvalue weighted by atomic mass is 10.4. The summed E-state index contributed by atoms with van der Waals surface area (Å²) in [6.45, 7) is 1.21. The Kier molecular flexibility index (Phi) is 3.44. The van der Waals surface area contributed by atoms with E-state index in [-0.39, 0.29) is 17.8 Å². The van der Waals surface area contributed by atoms with Crippen LogP contribution in [-0.2, 0) is 9.59 Å². The maximum absolute atomic E-state index is 10.4. The second-order valence-electron chi connectivity index (χ2n) is 3.21. The molecule has 2 aliphatic heterocycles. The van der Waals surface area contributed by atoms with Gasteiger partial charge in [0.05, 0.1) is 6.54 Å². The van der Waals surface area contributed by atoms with Gasteiger partial charge in [0.15, 0.2) is 5.96 Å². The quantitative estimate of drug-likeness (QED) is 0.461. The zero-order valence-electron chi connectivity index (χ0n) is 8.09. The minimum Gasteiger partial charge on any atom is -0.356 e. The molecule has 0 atom stereocenters. The molecule has 14 heavy (non-hydrogen) atoms. The van der Waals surface area contributed by atoms with Crippen molar-refractivity contribution in [2.24, 2.45) is 0 Å². The van der Waals surface area contributed by atoms with Gasteiger partial charge in [-0.15, -0.1) is 0 Å². The van der Waals surface area contributed by atoms with Gasteiger partial charge >= 0.3 is 0 Å². The highest BCUT2D eigenvalue weighted by molar-refractivity contribution is 6.02. The van der Waals surface area contributed by atoms with E-state index in [2.05, 4.69) is 10.6 Å². The van der Waals surface area contributed by atoms with E-state index in [1.54, 1.807) is 11.9 Å². The fourth-order valence-corrected chi connectivity index (χ4v) is 1.13. The van der Waals surface area contributed by atoms with Crippen LogP contribution in [0.4, 0.5) is 0 Å². The van der Waals surface area contributed by atoms with Crippen LogP contribution in [-0.4, -0.2) is 42.8 Å². The van der Waals surface area contributed by atoms with Gasteiger partial charge in [-0.3, -0.25) is 20.3 Å². The van der Waals surface area contributed by atoms with Gasteiger partial charge in [0.2, 0.25) is 11.8 Å². The third-order valence-corrected chi connectivity index (χ3v) is 1.92. The van der Waals surface area contributed by atoms with E-state index in [4.69, 9.17) is 5.41 Å². The number of hydrogen-bond donors (Lipinski definition) is 3.